The van der Waals surface area contributed by atoms with E-state index < -0.39 is 0 Å². The van der Waals surface area contributed by atoms with Crippen molar-refractivity contribution in [2.24, 2.45) is 0 Å². The van der Waals surface area contributed by atoms with Crippen molar-refractivity contribution in [2.45, 2.75) is 32.0 Å². The number of carbonyl (C=O) groups excluding carboxylic acids is 1. The summed E-state index contributed by atoms with van der Waals surface area (Å²) in [5.74, 6) is 1.38. The van der Waals surface area contributed by atoms with Gasteiger partial charge in [-0.25, -0.2) is 4.68 Å². The number of benzene rings is 2. The maximum atomic E-state index is 13.4. The lowest BCUT2D eigenvalue weighted by molar-refractivity contribution is -0.113. The molecule has 1 aliphatic rings. The Hall–Kier alpha value is -3.06. The minimum Gasteiger partial charge on any atom is -0.328 e. The van der Waals surface area contributed by atoms with E-state index >= 15 is 0 Å². The number of nitrogens with one attached hydrogen (secondary N) is 2. The molecule has 2 heterocycles. The predicted octanol–water partition coefficient (Wildman–Crippen LogP) is 4.63. The molecule has 2 N–H and O–H groups in total. The third-order valence-electron chi connectivity index (χ3n) is 4.86. The summed E-state index contributed by atoms with van der Waals surface area (Å²) in [5.41, 5.74) is 4.21. The molecule has 0 saturated heterocycles. The van der Waals surface area contributed by atoms with Gasteiger partial charge in [0.15, 0.2) is 0 Å². The molecular formula is C22H23N5OS. The van der Waals surface area contributed by atoms with Crippen molar-refractivity contribution in [2.75, 3.05) is 16.4 Å². The molecular weight excluding hydrogens is 382 g/mol. The van der Waals surface area contributed by atoms with E-state index in [0.717, 1.165) is 28.3 Å². The van der Waals surface area contributed by atoms with Gasteiger partial charge >= 0.3 is 0 Å². The molecule has 148 valence electrons. The number of amides is 1. The van der Waals surface area contributed by atoms with Crippen LogP contribution in [-0.4, -0.2) is 26.4 Å². The van der Waals surface area contributed by atoms with Crippen LogP contribution >= 0.6 is 11.8 Å². The summed E-state index contributed by atoms with van der Waals surface area (Å²) in [6.07, 6.45) is 0. The molecule has 0 unspecified atom stereocenters. The number of aromatic nitrogens is 3. The number of aryl methyl sites for hydroxylation is 1. The van der Waals surface area contributed by atoms with Crippen molar-refractivity contribution >= 4 is 29.3 Å². The number of allylic oxidation sites excluding steroid dienone is 1. The highest BCUT2D eigenvalue weighted by molar-refractivity contribution is 7.99. The Labute approximate surface area is 174 Å². The number of para-hydroxylation sites is 1. The number of hydrogen-bond donors (Lipinski definition) is 2. The first-order valence-electron chi connectivity index (χ1n) is 9.57. The summed E-state index contributed by atoms with van der Waals surface area (Å²) in [4.78, 5) is 18.0. The van der Waals surface area contributed by atoms with Gasteiger partial charge in [-0.3, -0.25) is 4.79 Å². The van der Waals surface area contributed by atoms with E-state index in [1.54, 1.807) is 11.8 Å². The molecule has 1 aromatic heterocycles. The lowest BCUT2D eigenvalue weighted by Gasteiger charge is -2.28. The molecule has 0 spiro atoms. The normalized spacial score (nSPS) is 15.6. The molecule has 1 amide bonds. The summed E-state index contributed by atoms with van der Waals surface area (Å²) in [5, 5.41) is 11.7. The highest BCUT2D eigenvalue weighted by Crippen LogP contribution is 2.36. The Morgan fingerprint density at radius 3 is 2.59 bits per heavy atom. The summed E-state index contributed by atoms with van der Waals surface area (Å²) in [6, 6.07) is 17.4. The van der Waals surface area contributed by atoms with Gasteiger partial charge in [0, 0.05) is 11.4 Å². The van der Waals surface area contributed by atoms with Crippen LogP contribution in [0.3, 0.4) is 0 Å². The van der Waals surface area contributed by atoms with Crippen LogP contribution in [-0.2, 0) is 4.79 Å². The fourth-order valence-electron chi connectivity index (χ4n) is 3.46. The van der Waals surface area contributed by atoms with Crippen LogP contribution in [0.2, 0.25) is 0 Å². The third-order valence-corrected chi connectivity index (χ3v) is 5.58. The second-order valence-corrected chi connectivity index (χ2v) is 8.07. The zero-order valence-corrected chi connectivity index (χ0v) is 17.5. The van der Waals surface area contributed by atoms with E-state index in [0.29, 0.717) is 16.7 Å². The fraction of sp³-hybridized carbons (Fsp3) is 0.227. The lowest BCUT2D eigenvalue weighted by atomic mass is 9.95. The second kappa shape index (κ2) is 8.13. The number of hydrogen-bond acceptors (Lipinski definition) is 5. The molecule has 29 heavy (non-hydrogen) atoms. The number of nitrogens with zero attached hydrogens (tertiary/aromatic N) is 3. The molecule has 0 fully saturated rings. The summed E-state index contributed by atoms with van der Waals surface area (Å²) >= 11 is 1.58. The fourth-order valence-corrected chi connectivity index (χ4v) is 4.02. The van der Waals surface area contributed by atoms with E-state index in [4.69, 9.17) is 0 Å². The first kappa shape index (κ1) is 19.3. The largest absolute Gasteiger partial charge is 0.328 e. The van der Waals surface area contributed by atoms with Crippen molar-refractivity contribution in [3.05, 3.63) is 77.0 Å². The topological polar surface area (TPSA) is 71.8 Å². The first-order valence-corrected chi connectivity index (χ1v) is 10.6. The smallest absolute Gasteiger partial charge is 0.255 e. The first-order chi connectivity index (χ1) is 14.1. The molecule has 3 aromatic rings. The standard InChI is InChI=1S/C22H23N5OS/c1-4-29-22-25-21-23-15(3)18(20(28)24-17-13-9-8-10-14(17)2)19(27(21)26-22)16-11-6-5-7-12-16/h5-13,19H,4H2,1-3H3,(H,24,28)(H,23,25,26)/t19-/m1/s1. The second-order valence-electron chi connectivity index (χ2n) is 6.84. The molecule has 2 aromatic carbocycles. The van der Waals surface area contributed by atoms with Crippen molar-refractivity contribution < 1.29 is 4.79 Å². The Morgan fingerprint density at radius 2 is 1.86 bits per heavy atom. The Kier molecular flexibility index (Phi) is 5.40. The molecule has 6 nitrogen and oxygen atoms in total. The molecule has 0 bridgehead atoms. The summed E-state index contributed by atoms with van der Waals surface area (Å²) < 4.78 is 1.81. The molecule has 0 radical (unpaired) electrons. The van der Waals surface area contributed by atoms with Crippen molar-refractivity contribution in [3.63, 3.8) is 0 Å². The molecule has 1 aliphatic heterocycles. The van der Waals surface area contributed by atoms with E-state index in [1.165, 1.54) is 0 Å². The number of fused-ring (bicyclic) bond motifs is 1. The number of thioether (sulfide) groups is 1. The quantitative estimate of drug-likeness (QED) is 0.606. The number of anilines is 2. The Balaban J connectivity index is 1.77. The zero-order valence-electron chi connectivity index (χ0n) is 16.6. The van der Waals surface area contributed by atoms with Gasteiger partial charge in [-0.15, -0.1) is 5.10 Å². The van der Waals surface area contributed by atoms with Gasteiger partial charge in [-0.1, -0.05) is 67.2 Å². The molecule has 4 rings (SSSR count). The van der Waals surface area contributed by atoms with E-state index in [-0.39, 0.29) is 11.9 Å². The van der Waals surface area contributed by atoms with E-state index in [2.05, 4.69) is 27.6 Å². The van der Waals surface area contributed by atoms with Gasteiger partial charge in [-0.2, -0.15) is 4.98 Å². The van der Waals surface area contributed by atoms with Crippen LogP contribution in [0, 0.1) is 6.92 Å². The monoisotopic (exact) mass is 405 g/mol. The van der Waals surface area contributed by atoms with Crippen molar-refractivity contribution in [1.29, 1.82) is 0 Å². The SMILES string of the molecule is CCSc1nc2n(n1)[C@H](c1ccccc1)C(C(=O)Nc1ccccc1C)=C(C)N2. The summed E-state index contributed by atoms with van der Waals surface area (Å²) in [6.45, 7) is 5.96. The average molecular weight is 406 g/mol. The van der Waals surface area contributed by atoms with Crippen molar-refractivity contribution in [1.82, 2.24) is 14.8 Å². The van der Waals surface area contributed by atoms with Crippen LogP contribution in [0.1, 0.15) is 31.0 Å². The number of carbonyl (C=O) groups is 1. The maximum absolute atomic E-state index is 13.4. The van der Waals surface area contributed by atoms with Crippen molar-refractivity contribution in [3.8, 4) is 0 Å². The van der Waals surface area contributed by atoms with Gasteiger partial charge in [0.25, 0.3) is 5.91 Å². The number of rotatable bonds is 5. The zero-order chi connectivity index (χ0) is 20.4. The van der Waals surface area contributed by atoms with Gasteiger partial charge in [-0.05, 0) is 36.8 Å². The minimum absolute atomic E-state index is 0.149. The highest BCUT2D eigenvalue weighted by atomic mass is 32.2. The Bertz CT molecular complexity index is 1070. The predicted molar refractivity (Wildman–Crippen MR) is 117 cm³/mol. The highest BCUT2D eigenvalue weighted by Gasteiger charge is 2.34. The van der Waals surface area contributed by atoms with Gasteiger partial charge < -0.3 is 10.6 Å². The molecule has 0 aliphatic carbocycles. The molecule has 1 atom stereocenters. The van der Waals surface area contributed by atoms with E-state index in [1.807, 2.05) is 73.1 Å². The lowest BCUT2D eigenvalue weighted by Crippen LogP contribution is -2.31. The van der Waals surface area contributed by atoms with Crippen LogP contribution < -0.4 is 10.6 Å². The summed E-state index contributed by atoms with van der Waals surface area (Å²) in [7, 11) is 0. The van der Waals surface area contributed by atoms with Crippen LogP contribution in [0.5, 0.6) is 0 Å². The maximum Gasteiger partial charge on any atom is 0.255 e. The molecule has 0 saturated carbocycles. The van der Waals surface area contributed by atoms with Gasteiger partial charge in [0.1, 0.15) is 6.04 Å². The van der Waals surface area contributed by atoms with Crippen LogP contribution in [0.15, 0.2) is 71.0 Å². The van der Waals surface area contributed by atoms with Crippen LogP contribution in [0.4, 0.5) is 11.6 Å². The third kappa shape index (κ3) is 3.78. The minimum atomic E-state index is -0.352. The Morgan fingerprint density at radius 1 is 1.14 bits per heavy atom. The van der Waals surface area contributed by atoms with Gasteiger partial charge in [0.2, 0.25) is 11.1 Å². The van der Waals surface area contributed by atoms with E-state index in [9.17, 15) is 4.79 Å². The average Bonchev–Trinajstić information content (AvgIpc) is 3.11. The van der Waals surface area contributed by atoms with Gasteiger partial charge in [0.05, 0.1) is 5.57 Å². The van der Waals surface area contributed by atoms with Crippen LogP contribution in [0.25, 0.3) is 0 Å². The molecule has 7 heteroatoms.